The number of likely N-dealkylation sites (tertiary alicyclic amines) is 1. The van der Waals surface area contributed by atoms with Crippen LogP contribution in [-0.2, 0) is 11.3 Å². The highest BCUT2D eigenvalue weighted by atomic mass is 16.5. The molecule has 0 N–H and O–H groups in total. The quantitative estimate of drug-likeness (QED) is 0.541. The van der Waals surface area contributed by atoms with Gasteiger partial charge in [-0.1, -0.05) is 24.3 Å². The van der Waals surface area contributed by atoms with Gasteiger partial charge in [-0.3, -0.25) is 9.69 Å². The first kappa shape index (κ1) is 21.9. The average Bonchev–Trinajstić information content (AvgIpc) is 3.48. The first-order valence-corrected chi connectivity index (χ1v) is 10.9. The normalized spacial score (nSPS) is 16.2. The van der Waals surface area contributed by atoms with Crippen LogP contribution in [0.25, 0.3) is 5.69 Å². The fourth-order valence-corrected chi connectivity index (χ4v) is 4.28. The number of rotatable bonds is 8. The van der Waals surface area contributed by atoms with E-state index >= 15 is 0 Å². The second-order valence-electron chi connectivity index (χ2n) is 8.11. The van der Waals surface area contributed by atoms with Crippen LogP contribution in [0.1, 0.15) is 30.0 Å². The topological polar surface area (TPSA) is 59.8 Å². The van der Waals surface area contributed by atoms with Crippen molar-refractivity contribution in [1.29, 1.82) is 0 Å². The van der Waals surface area contributed by atoms with Crippen molar-refractivity contribution in [2.75, 3.05) is 34.4 Å². The minimum atomic E-state index is 0.0943. The molecule has 2 heterocycles. The molecular weight excluding hydrogens is 404 g/mol. The summed E-state index contributed by atoms with van der Waals surface area (Å²) in [5.41, 5.74) is 3.10. The highest BCUT2D eigenvalue weighted by Crippen LogP contribution is 2.38. The Bertz CT molecular complexity index is 1050. The zero-order chi connectivity index (χ0) is 22.5. The summed E-state index contributed by atoms with van der Waals surface area (Å²) in [5, 5.41) is 4.43. The van der Waals surface area contributed by atoms with Gasteiger partial charge < -0.3 is 14.4 Å². The molecule has 0 radical (unpaired) electrons. The van der Waals surface area contributed by atoms with Crippen molar-refractivity contribution in [3.63, 3.8) is 0 Å². The molecule has 7 heteroatoms. The molecule has 4 rings (SSSR count). The summed E-state index contributed by atoms with van der Waals surface area (Å²) < 4.78 is 12.8. The number of hydrogen-bond acceptors (Lipinski definition) is 5. The average molecular weight is 435 g/mol. The van der Waals surface area contributed by atoms with Crippen LogP contribution in [0.4, 0.5) is 0 Å². The zero-order valence-electron chi connectivity index (χ0n) is 18.9. The number of amides is 1. The van der Waals surface area contributed by atoms with E-state index < -0.39 is 0 Å². The number of methoxy groups -OCH3 is 2. The van der Waals surface area contributed by atoms with Crippen molar-refractivity contribution in [2.45, 2.75) is 25.4 Å². The Morgan fingerprint density at radius 3 is 2.72 bits per heavy atom. The molecule has 0 saturated carbocycles. The third-order valence-electron chi connectivity index (χ3n) is 6.00. The predicted octanol–water partition coefficient (Wildman–Crippen LogP) is 3.69. The van der Waals surface area contributed by atoms with Gasteiger partial charge in [-0.05, 0) is 37.6 Å². The van der Waals surface area contributed by atoms with Gasteiger partial charge in [0.25, 0.3) is 0 Å². The molecule has 1 atom stereocenters. The highest BCUT2D eigenvalue weighted by Gasteiger charge is 2.30. The van der Waals surface area contributed by atoms with E-state index in [1.165, 1.54) is 0 Å². The molecule has 168 valence electrons. The Labute approximate surface area is 189 Å². The highest BCUT2D eigenvalue weighted by molar-refractivity contribution is 5.78. The molecule has 0 aliphatic carbocycles. The van der Waals surface area contributed by atoms with Crippen LogP contribution in [-0.4, -0.2) is 59.8 Å². The number of likely N-dealkylation sites (N-methyl/N-ethyl adjacent to an activating group) is 1. The molecule has 0 bridgehead atoms. The number of carbonyl (C=O) groups is 1. The zero-order valence-corrected chi connectivity index (χ0v) is 18.9. The molecule has 0 spiro atoms. The van der Waals surface area contributed by atoms with E-state index in [9.17, 15) is 4.79 Å². The van der Waals surface area contributed by atoms with E-state index in [1.807, 2.05) is 72.7 Å². The standard InChI is InChI=1S/C25H30N4O3/c1-27(16-19-15-26-29(17-19)20-8-5-4-6-9-20)25(30)18-28-13-7-10-23(28)22-12-11-21(31-2)14-24(22)32-3/h4-6,8-9,11-12,14-15,17,23H,7,10,13,16,18H2,1-3H3. The minimum Gasteiger partial charge on any atom is -0.497 e. The van der Waals surface area contributed by atoms with Crippen LogP contribution in [0, 0.1) is 0 Å². The Kier molecular flexibility index (Phi) is 6.75. The lowest BCUT2D eigenvalue weighted by atomic mass is 10.0. The maximum Gasteiger partial charge on any atom is 0.236 e. The maximum absolute atomic E-state index is 13.0. The number of ether oxygens (including phenoxy) is 2. The van der Waals surface area contributed by atoms with E-state index in [0.717, 1.165) is 47.7 Å². The first-order chi connectivity index (χ1) is 15.6. The van der Waals surface area contributed by atoms with Gasteiger partial charge in [0, 0.05) is 43.0 Å². The summed E-state index contributed by atoms with van der Waals surface area (Å²) in [4.78, 5) is 17.0. The molecule has 1 aliphatic heterocycles. The lowest BCUT2D eigenvalue weighted by Crippen LogP contribution is -2.37. The molecule has 7 nitrogen and oxygen atoms in total. The van der Waals surface area contributed by atoms with E-state index in [1.54, 1.807) is 19.1 Å². The molecule has 1 aromatic heterocycles. The number of benzene rings is 2. The van der Waals surface area contributed by atoms with E-state index in [0.29, 0.717) is 13.1 Å². The van der Waals surface area contributed by atoms with E-state index in [2.05, 4.69) is 10.00 Å². The molecule has 32 heavy (non-hydrogen) atoms. The second kappa shape index (κ2) is 9.87. The predicted molar refractivity (Wildman–Crippen MR) is 123 cm³/mol. The Morgan fingerprint density at radius 2 is 1.97 bits per heavy atom. The van der Waals surface area contributed by atoms with Crippen LogP contribution in [0.2, 0.25) is 0 Å². The largest absolute Gasteiger partial charge is 0.497 e. The maximum atomic E-state index is 13.0. The van der Waals surface area contributed by atoms with Crippen molar-refractivity contribution in [3.8, 4) is 17.2 Å². The van der Waals surface area contributed by atoms with E-state index in [-0.39, 0.29) is 11.9 Å². The van der Waals surface area contributed by atoms with Crippen molar-refractivity contribution in [2.24, 2.45) is 0 Å². The number of nitrogens with zero attached hydrogens (tertiary/aromatic N) is 4. The van der Waals surface area contributed by atoms with Gasteiger partial charge in [0.2, 0.25) is 5.91 Å². The molecular formula is C25H30N4O3. The summed E-state index contributed by atoms with van der Waals surface area (Å²) >= 11 is 0. The molecule has 3 aromatic rings. The lowest BCUT2D eigenvalue weighted by molar-refractivity contribution is -0.131. The molecule has 1 aliphatic rings. The summed E-state index contributed by atoms with van der Waals surface area (Å²) in [7, 11) is 5.17. The van der Waals surface area contributed by atoms with Gasteiger partial charge in [0.1, 0.15) is 11.5 Å². The van der Waals surface area contributed by atoms with Crippen LogP contribution in [0.15, 0.2) is 60.9 Å². The number of para-hydroxylation sites is 1. The van der Waals surface area contributed by atoms with Gasteiger partial charge in [-0.25, -0.2) is 4.68 Å². The lowest BCUT2D eigenvalue weighted by Gasteiger charge is -2.27. The van der Waals surface area contributed by atoms with Crippen molar-refractivity contribution in [1.82, 2.24) is 19.6 Å². The molecule has 1 unspecified atom stereocenters. The van der Waals surface area contributed by atoms with Crippen LogP contribution in [0.3, 0.4) is 0 Å². The van der Waals surface area contributed by atoms with Gasteiger partial charge >= 0.3 is 0 Å². The third kappa shape index (κ3) is 4.78. The van der Waals surface area contributed by atoms with Crippen LogP contribution < -0.4 is 9.47 Å². The summed E-state index contributed by atoms with van der Waals surface area (Å²) in [5.74, 6) is 1.66. The third-order valence-corrected chi connectivity index (χ3v) is 6.00. The molecule has 1 saturated heterocycles. The molecule has 1 amide bonds. The van der Waals surface area contributed by atoms with Gasteiger partial charge in [0.05, 0.1) is 32.6 Å². The molecule has 1 fully saturated rings. The monoisotopic (exact) mass is 434 g/mol. The number of aromatic nitrogens is 2. The Balaban J connectivity index is 1.40. The summed E-state index contributed by atoms with van der Waals surface area (Å²) in [6, 6.07) is 16.0. The van der Waals surface area contributed by atoms with Crippen molar-refractivity contribution >= 4 is 5.91 Å². The minimum absolute atomic E-state index is 0.0943. The van der Waals surface area contributed by atoms with Gasteiger partial charge in [-0.15, -0.1) is 0 Å². The van der Waals surface area contributed by atoms with Crippen LogP contribution >= 0.6 is 0 Å². The smallest absolute Gasteiger partial charge is 0.236 e. The van der Waals surface area contributed by atoms with Crippen molar-refractivity contribution in [3.05, 3.63) is 72.1 Å². The summed E-state index contributed by atoms with van der Waals surface area (Å²) in [6.45, 7) is 1.80. The Hall–Kier alpha value is -3.32. The van der Waals surface area contributed by atoms with Crippen molar-refractivity contribution < 1.29 is 14.3 Å². The second-order valence-corrected chi connectivity index (χ2v) is 8.11. The van der Waals surface area contributed by atoms with Crippen LogP contribution in [0.5, 0.6) is 11.5 Å². The fourth-order valence-electron chi connectivity index (χ4n) is 4.28. The fraction of sp³-hybridized carbons (Fsp3) is 0.360. The van der Waals surface area contributed by atoms with Gasteiger partial charge in [0.15, 0.2) is 0 Å². The molecule has 2 aromatic carbocycles. The summed E-state index contributed by atoms with van der Waals surface area (Å²) in [6.07, 6.45) is 5.85. The Morgan fingerprint density at radius 1 is 1.16 bits per heavy atom. The number of carbonyl (C=O) groups excluding carboxylic acids is 1. The first-order valence-electron chi connectivity index (χ1n) is 10.9. The SMILES string of the molecule is COc1ccc(C2CCCN2CC(=O)N(C)Cc2cnn(-c3ccccc3)c2)c(OC)c1. The number of hydrogen-bond donors (Lipinski definition) is 0. The van der Waals surface area contributed by atoms with Gasteiger partial charge in [-0.2, -0.15) is 5.10 Å². The van der Waals surface area contributed by atoms with E-state index in [4.69, 9.17) is 9.47 Å².